The highest BCUT2D eigenvalue weighted by Crippen LogP contribution is 2.27. The molecule has 0 bridgehead atoms. The van der Waals surface area contributed by atoms with E-state index in [1.807, 2.05) is 18.2 Å². The van der Waals surface area contributed by atoms with Gasteiger partial charge in [0.2, 0.25) is 0 Å². The molecule has 0 fully saturated rings. The Labute approximate surface area is 147 Å². The summed E-state index contributed by atoms with van der Waals surface area (Å²) in [6.07, 6.45) is 2.55. The number of aromatic nitrogens is 1. The van der Waals surface area contributed by atoms with Crippen molar-refractivity contribution in [2.24, 2.45) is 0 Å². The minimum Gasteiger partial charge on any atom is -0.298 e. The summed E-state index contributed by atoms with van der Waals surface area (Å²) < 4.78 is 0. The largest absolute Gasteiger partial charge is 0.298 e. The third kappa shape index (κ3) is 3.91. The molecule has 0 aliphatic rings. The van der Waals surface area contributed by atoms with Crippen LogP contribution >= 0.6 is 34.5 Å². The second-order valence-electron chi connectivity index (χ2n) is 4.85. The average molecular weight is 363 g/mol. The number of hydrogen-bond donors (Lipinski definition) is 1. The summed E-state index contributed by atoms with van der Waals surface area (Å²) in [6, 6.07) is 15.1. The second-order valence-corrected chi connectivity index (χ2v) is 6.75. The fraction of sp³-hybridized carbons (Fsp3) is 0.0588. The Kier molecular flexibility index (Phi) is 4.96. The number of benzene rings is 2. The Balaban J connectivity index is 1.71. The van der Waals surface area contributed by atoms with E-state index in [1.165, 1.54) is 16.9 Å². The Hall–Kier alpha value is -1.88. The average Bonchev–Trinajstić information content (AvgIpc) is 2.98. The maximum Gasteiger partial charge on any atom is 0.259 e. The van der Waals surface area contributed by atoms with Crippen LogP contribution in [0.2, 0.25) is 10.0 Å². The van der Waals surface area contributed by atoms with Gasteiger partial charge < -0.3 is 0 Å². The van der Waals surface area contributed by atoms with Crippen molar-refractivity contribution in [1.82, 2.24) is 4.98 Å². The number of carbonyl (C=O) groups excluding carboxylic acids is 1. The van der Waals surface area contributed by atoms with Gasteiger partial charge in [0.05, 0.1) is 15.6 Å². The van der Waals surface area contributed by atoms with Crippen molar-refractivity contribution in [2.75, 3.05) is 5.32 Å². The highest BCUT2D eigenvalue weighted by molar-refractivity contribution is 7.15. The Bertz CT molecular complexity index is 834. The molecule has 0 saturated carbocycles. The first kappa shape index (κ1) is 16.0. The van der Waals surface area contributed by atoms with Gasteiger partial charge in [0.1, 0.15) is 0 Å². The number of amides is 1. The summed E-state index contributed by atoms with van der Waals surface area (Å²) in [4.78, 5) is 17.6. The lowest BCUT2D eigenvalue weighted by Gasteiger charge is -2.05. The van der Waals surface area contributed by atoms with Crippen LogP contribution < -0.4 is 5.32 Å². The van der Waals surface area contributed by atoms with Crippen LogP contribution in [0.1, 0.15) is 20.8 Å². The van der Waals surface area contributed by atoms with Crippen LogP contribution in [0.25, 0.3) is 0 Å². The zero-order valence-electron chi connectivity index (χ0n) is 11.9. The molecule has 1 heterocycles. The van der Waals surface area contributed by atoms with E-state index in [1.54, 1.807) is 24.4 Å². The van der Waals surface area contributed by atoms with Gasteiger partial charge >= 0.3 is 0 Å². The molecule has 1 aromatic heterocycles. The number of halogens is 2. The molecule has 1 amide bonds. The number of anilines is 1. The van der Waals surface area contributed by atoms with E-state index in [-0.39, 0.29) is 10.9 Å². The van der Waals surface area contributed by atoms with Crippen LogP contribution in [0, 0.1) is 0 Å². The summed E-state index contributed by atoms with van der Waals surface area (Å²) in [7, 11) is 0. The van der Waals surface area contributed by atoms with E-state index in [4.69, 9.17) is 23.2 Å². The number of thiazole rings is 1. The molecule has 0 aliphatic carbocycles. The Morgan fingerprint density at radius 2 is 1.87 bits per heavy atom. The minimum absolute atomic E-state index is 0.243. The fourth-order valence-electron chi connectivity index (χ4n) is 2.09. The summed E-state index contributed by atoms with van der Waals surface area (Å²) in [5.41, 5.74) is 1.53. The van der Waals surface area contributed by atoms with E-state index in [9.17, 15) is 4.79 Å². The first-order valence-corrected chi connectivity index (χ1v) is 8.45. The van der Waals surface area contributed by atoms with E-state index < -0.39 is 0 Å². The van der Waals surface area contributed by atoms with Crippen LogP contribution in [0.15, 0.2) is 54.7 Å². The van der Waals surface area contributed by atoms with Crippen molar-refractivity contribution >= 4 is 45.6 Å². The Morgan fingerprint density at radius 1 is 1.09 bits per heavy atom. The molecule has 0 unspecified atom stereocenters. The van der Waals surface area contributed by atoms with Gasteiger partial charge in [-0.2, -0.15) is 0 Å². The van der Waals surface area contributed by atoms with Crippen molar-refractivity contribution < 1.29 is 4.79 Å². The van der Waals surface area contributed by atoms with Crippen molar-refractivity contribution in [3.8, 4) is 0 Å². The summed E-state index contributed by atoms with van der Waals surface area (Å²) in [5.74, 6) is -0.321. The Morgan fingerprint density at radius 3 is 2.65 bits per heavy atom. The molecular weight excluding hydrogens is 351 g/mol. The highest BCUT2D eigenvalue weighted by Gasteiger charge is 2.14. The van der Waals surface area contributed by atoms with E-state index in [2.05, 4.69) is 22.4 Å². The van der Waals surface area contributed by atoms with E-state index in [0.29, 0.717) is 15.7 Å². The van der Waals surface area contributed by atoms with Crippen molar-refractivity contribution in [3.63, 3.8) is 0 Å². The van der Waals surface area contributed by atoms with Crippen LogP contribution in [-0.2, 0) is 6.42 Å². The summed E-state index contributed by atoms with van der Waals surface area (Å²) >= 11 is 13.4. The molecule has 1 N–H and O–H groups in total. The van der Waals surface area contributed by atoms with Crippen molar-refractivity contribution in [1.29, 1.82) is 0 Å². The molecule has 2 aromatic carbocycles. The molecule has 116 valence electrons. The van der Waals surface area contributed by atoms with Crippen LogP contribution in [0.3, 0.4) is 0 Å². The number of hydrogen-bond acceptors (Lipinski definition) is 3. The zero-order chi connectivity index (χ0) is 16.2. The molecule has 3 rings (SSSR count). The molecule has 6 heteroatoms. The molecular formula is C17H12Cl2N2OS. The normalized spacial score (nSPS) is 10.5. The lowest BCUT2D eigenvalue weighted by atomic mass is 10.1. The SMILES string of the molecule is O=C(Nc1ncc(Cc2ccccc2)s1)c1cccc(Cl)c1Cl. The lowest BCUT2D eigenvalue weighted by Crippen LogP contribution is -2.12. The van der Waals surface area contributed by atoms with Gasteiger partial charge in [-0.05, 0) is 17.7 Å². The summed E-state index contributed by atoms with van der Waals surface area (Å²) in [5, 5.41) is 3.89. The molecule has 0 spiro atoms. The molecule has 3 aromatic rings. The molecule has 0 aliphatic heterocycles. The monoisotopic (exact) mass is 362 g/mol. The first-order chi connectivity index (χ1) is 11.1. The quantitative estimate of drug-likeness (QED) is 0.684. The van der Waals surface area contributed by atoms with Crippen LogP contribution in [0.5, 0.6) is 0 Å². The van der Waals surface area contributed by atoms with Gasteiger partial charge in [-0.15, -0.1) is 11.3 Å². The predicted octanol–water partition coefficient (Wildman–Crippen LogP) is 5.29. The third-order valence-corrected chi connectivity index (χ3v) is 4.92. The number of rotatable bonds is 4. The van der Waals surface area contributed by atoms with Crippen molar-refractivity contribution in [2.45, 2.75) is 6.42 Å². The fourth-order valence-corrected chi connectivity index (χ4v) is 3.32. The number of nitrogens with zero attached hydrogens (tertiary/aromatic N) is 1. The van der Waals surface area contributed by atoms with E-state index >= 15 is 0 Å². The van der Waals surface area contributed by atoms with Crippen LogP contribution in [0.4, 0.5) is 5.13 Å². The predicted molar refractivity (Wildman–Crippen MR) is 95.8 cm³/mol. The van der Waals surface area contributed by atoms with Gasteiger partial charge in [-0.25, -0.2) is 4.98 Å². The van der Waals surface area contributed by atoms with Gasteiger partial charge in [0, 0.05) is 17.5 Å². The summed E-state index contributed by atoms with van der Waals surface area (Å²) in [6.45, 7) is 0. The standard InChI is InChI=1S/C17H12Cl2N2OS/c18-14-8-4-7-13(15(14)19)16(22)21-17-20-10-12(23-17)9-11-5-2-1-3-6-11/h1-8,10H,9H2,(H,20,21,22). The zero-order valence-corrected chi connectivity index (χ0v) is 14.3. The van der Waals surface area contributed by atoms with Gasteiger partial charge in [-0.3, -0.25) is 10.1 Å². The van der Waals surface area contributed by atoms with E-state index in [0.717, 1.165) is 11.3 Å². The van der Waals surface area contributed by atoms with Gasteiger partial charge in [-0.1, -0.05) is 59.6 Å². The number of nitrogens with one attached hydrogen (secondary N) is 1. The lowest BCUT2D eigenvalue weighted by molar-refractivity contribution is 0.102. The second kappa shape index (κ2) is 7.13. The molecule has 0 atom stereocenters. The first-order valence-electron chi connectivity index (χ1n) is 6.87. The molecule has 0 saturated heterocycles. The highest BCUT2D eigenvalue weighted by atomic mass is 35.5. The molecule has 3 nitrogen and oxygen atoms in total. The van der Waals surface area contributed by atoms with Crippen LogP contribution in [-0.4, -0.2) is 10.9 Å². The molecule has 0 radical (unpaired) electrons. The molecule has 23 heavy (non-hydrogen) atoms. The number of carbonyl (C=O) groups is 1. The topological polar surface area (TPSA) is 42.0 Å². The maximum atomic E-state index is 12.3. The smallest absolute Gasteiger partial charge is 0.259 e. The third-order valence-electron chi connectivity index (χ3n) is 3.19. The van der Waals surface area contributed by atoms with Gasteiger partial charge in [0.15, 0.2) is 5.13 Å². The minimum atomic E-state index is -0.321. The maximum absolute atomic E-state index is 12.3. The van der Waals surface area contributed by atoms with Gasteiger partial charge in [0.25, 0.3) is 5.91 Å². The van der Waals surface area contributed by atoms with Crippen molar-refractivity contribution in [3.05, 3.63) is 80.8 Å².